The first kappa shape index (κ1) is 15.5. The van der Waals surface area contributed by atoms with E-state index in [0.717, 1.165) is 45.5 Å². The van der Waals surface area contributed by atoms with Gasteiger partial charge in [0.1, 0.15) is 5.69 Å². The highest BCUT2D eigenvalue weighted by Gasteiger charge is 2.21. The maximum absolute atomic E-state index is 6.34. The van der Waals surface area contributed by atoms with Crippen LogP contribution in [-0.2, 0) is 0 Å². The Hall–Kier alpha value is -1.39. The van der Waals surface area contributed by atoms with Crippen molar-refractivity contribution in [3.63, 3.8) is 0 Å². The molecule has 3 rings (SSSR count). The molecule has 3 nitrogen and oxygen atoms in total. The Labute approximate surface area is 140 Å². The number of fused-ring (bicyclic) bond motifs is 1. The van der Waals surface area contributed by atoms with Crippen molar-refractivity contribution in [1.29, 1.82) is 0 Å². The first-order chi connectivity index (χ1) is 10.6. The molecule has 116 valence electrons. The molecule has 0 aliphatic heterocycles. The zero-order valence-electron chi connectivity index (χ0n) is 13.4. The maximum atomic E-state index is 6.34. The molecule has 5 heteroatoms. The highest BCUT2D eigenvalue weighted by Crippen LogP contribution is 2.37. The van der Waals surface area contributed by atoms with Gasteiger partial charge >= 0.3 is 0 Å². The maximum Gasteiger partial charge on any atom is 0.158 e. The lowest BCUT2D eigenvalue weighted by Gasteiger charge is -2.14. The van der Waals surface area contributed by atoms with Gasteiger partial charge in [0.15, 0.2) is 5.65 Å². The topological polar surface area (TPSA) is 30.2 Å². The van der Waals surface area contributed by atoms with Crippen LogP contribution < -0.4 is 0 Å². The number of aryl methyl sites for hydroxylation is 2. The van der Waals surface area contributed by atoms with Crippen LogP contribution in [0.15, 0.2) is 17.5 Å². The van der Waals surface area contributed by atoms with Crippen molar-refractivity contribution in [2.24, 2.45) is 0 Å². The van der Waals surface area contributed by atoms with E-state index in [-0.39, 0.29) is 0 Å². The van der Waals surface area contributed by atoms with Crippen LogP contribution in [0, 0.1) is 13.8 Å². The van der Waals surface area contributed by atoms with Gasteiger partial charge in [0, 0.05) is 5.56 Å². The number of thiophene rings is 1. The molecule has 0 spiro atoms. The summed E-state index contributed by atoms with van der Waals surface area (Å²) in [6.45, 7) is 8.53. The number of rotatable bonds is 4. The summed E-state index contributed by atoms with van der Waals surface area (Å²) >= 11 is 7.98. The Morgan fingerprint density at radius 1 is 1.27 bits per heavy atom. The second-order valence-electron chi connectivity index (χ2n) is 5.63. The van der Waals surface area contributed by atoms with Crippen molar-refractivity contribution in [2.45, 2.75) is 46.5 Å². The molecular weight excluding hydrogens is 314 g/mol. The number of imidazole rings is 1. The van der Waals surface area contributed by atoms with Crippen LogP contribution in [0.5, 0.6) is 0 Å². The van der Waals surface area contributed by atoms with Crippen molar-refractivity contribution in [3.05, 3.63) is 39.5 Å². The number of aromatic nitrogens is 3. The summed E-state index contributed by atoms with van der Waals surface area (Å²) in [7, 11) is 0. The van der Waals surface area contributed by atoms with E-state index in [9.17, 15) is 0 Å². The molecule has 3 aromatic heterocycles. The molecule has 0 saturated heterocycles. The summed E-state index contributed by atoms with van der Waals surface area (Å²) in [6.07, 6.45) is 2.22. The molecule has 0 radical (unpaired) electrons. The van der Waals surface area contributed by atoms with Crippen LogP contribution in [0.3, 0.4) is 0 Å². The largest absolute Gasteiger partial charge is 0.231 e. The van der Waals surface area contributed by atoms with Gasteiger partial charge in [-0.05, 0) is 50.1 Å². The molecule has 3 heterocycles. The van der Waals surface area contributed by atoms with E-state index in [1.165, 1.54) is 5.56 Å². The van der Waals surface area contributed by atoms with Crippen LogP contribution >= 0.6 is 22.9 Å². The molecular formula is C17H20ClN3S. The van der Waals surface area contributed by atoms with Gasteiger partial charge in [0.05, 0.1) is 21.3 Å². The van der Waals surface area contributed by atoms with E-state index >= 15 is 0 Å². The van der Waals surface area contributed by atoms with E-state index in [4.69, 9.17) is 21.7 Å². The lowest BCUT2D eigenvalue weighted by Crippen LogP contribution is -2.04. The Bertz CT molecular complexity index is 815. The minimum absolute atomic E-state index is 0.512. The van der Waals surface area contributed by atoms with Crippen molar-refractivity contribution in [1.82, 2.24) is 14.6 Å². The number of nitrogens with zero attached hydrogens (tertiary/aromatic N) is 3. The Kier molecular flexibility index (Phi) is 4.24. The number of halogens is 1. The minimum Gasteiger partial charge on any atom is -0.231 e. The van der Waals surface area contributed by atoms with Gasteiger partial charge in [-0.3, -0.25) is 0 Å². The fourth-order valence-corrected chi connectivity index (χ4v) is 4.26. The molecule has 0 aromatic carbocycles. The highest BCUT2D eigenvalue weighted by atomic mass is 35.5. The summed E-state index contributed by atoms with van der Waals surface area (Å²) in [5.74, 6) is 0.512. The summed E-state index contributed by atoms with van der Waals surface area (Å²) in [6, 6.07) is 4.11. The number of hydrogen-bond donors (Lipinski definition) is 0. The van der Waals surface area contributed by atoms with Gasteiger partial charge < -0.3 is 0 Å². The van der Waals surface area contributed by atoms with Crippen LogP contribution in [0.1, 0.15) is 49.6 Å². The van der Waals surface area contributed by atoms with E-state index in [0.29, 0.717) is 5.92 Å². The first-order valence-electron chi connectivity index (χ1n) is 7.67. The summed E-state index contributed by atoms with van der Waals surface area (Å²) in [5.41, 5.74) is 5.28. The van der Waals surface area contributed by atoms with Gasteiger partial charge in [-0.15, -0.1) is 11.3 Å². The SMILES string of the molecule is CCC(CC)c1cc(C)nn2c(-c3sccc3Cl)c(C)nc12. The standard InChI is InChI=1S/C17H20ClN3S/c1-5-12(6-2)13-9-10(3)20-21-15(11(4)19-17(13)21)16-14(18)7-8-22-16/h7-9,12H,5-6H2,1-4H3. The smallest absolute Gasteiger partial charge is 0.158 e. The third kappa shape index (κ3) is 2.44. The molecule has 0 N–H and O–H groups in total. The van der Waals surface area contributed by atoms with Crippen LogP contribution in [0.2, 0.25) is 5.02 Å². The zero-order valence-corrected chi connectivity index (χ0v) is 14.9. The minimum atomic E-state index is 0.512. The van der Waals surface area contributed by atoms with E-state index in [1.54, 1.807) is 11.3 Å². The normalized spacial score (nSPS) is 11.7. The van der Waals surface area contributed by atoms with Gasteiger partial charge in [-0.25, -0.2) is 9.50 Å². The summed E-state index contributed by atoms with van der Waals surface area (Å²) in [5, 5.41) is 7.48. The monoisotopic (exact) mass is 333 g/mol. The van der Waals surface area contributed by atoms with Crippen molar-refractivity contribution in [2.75, 3.05) is 0 Å². The van der Waals surface area contributed by atoms with Gasteiger partial charge in [-0.1, -0.05) is 25.4 Å². The Balaban J connectivity index is 2.33. The summed E-state index contributed by atoms with van der Waals surface area (Å²) in [4.78, 5) is 5.86. The van der Waals surface area contributed by atoms with E-state index < -0.39 is 0 Å². The average molecular weight is 334 g/mol. The van der Waals surface area contributed by atoms with Gasteiger partial charge in [0.2, 0.25) is 0 Å². The Morgan fingerprint density at radius 2 is 2.00 bits per heavy atom. The molecule has 0 amide bonds. The lowest BCUT2D eigenvalue weighted by atomic mass is 9.95. The Morgan fingerprint density at radius 3 is 2.59 bits per heavy atom. The van der Waals surface area contributed by atoms with E-state index in [1.807, 2.05) is 29.8 Å². The molecule has 3 aromatic rings. The lowest BCUT2D eigenvalue weighted by molar-refractivity contribution is 0.638. The predicted octanol–water partition coefficient (Wildman–Crippen LogP) is 5.63. The quantitative estimate of drug-likeness (QED) is 0.619. The van der Waals surface area contributed by atoms with Crippen LogP contribution in [-0.4, -0.2) is 14.6 Å². The van der Waals surface area contributed by atoms with Crippen LogP contribution in [0.4, 0.5) is 0 Å². The van der Waals surface area contributed by atoms with Crippen LogP contribution in [0.25, 0.3) is 16.2 Å². The fourth-order valence-electron chi connectivity index (χ4n) is 3.03. The zero-order chi connectivity index (χ0) is 15.9. The van der Waals surface area contributed by atoms with Gasteiger partial charge in [-0.2, -0.15) is 5.10 Å². The third-order valence-corrected chi connectivity index (χ3v) is 5.51. The third-order valence-electron chi connectivity index (χ3n) is 4.17. The first-order valence-corrected chi connectivity index (χ1v) is 8.92. The fraction of sp³-hybridized carbons (Fsp3) is 0.412. The molecule has 0 aliphatic rings. The summed E-state index contributed by atoms with van der Waals surface area (Å²) < 4.78 is 1.98. The van der Waals surface area contributed by atoms with Crippen molar-refractivity contribution in [3.8, 4) is 10.6 Å². The average Bonchev–Trinajstić information content (AvgIpc) is 3.03. The second-order valence-corrected chi connectivity index (χ2v) is 6.96. The number of hydrogen-bond acceptors (Lipinski definition) is 3. The molecule has 0 atom stereocenters. The predicted molar refractivity (Wildman–Crippen MR) is 94.1 cm³/mol. The highest BCUT2D eigenvalue weighted by molar-refractivity contribution is 7.14. The van der Waals surface area contributed by atoms with E-state index in [2.05, 4.69) is 19.9 Å². The second kappa shape index (κ2) is 6.01. The molecule has 0 bridgehead atoms. The van der Waals surface area contributed by atoms with Gasteiger partial charge in [0.25, 0.3) is 0 Å². The molecule has 22 heavy (non-hydrogen) atoms. The van der Waals surface area contributed by atoms with Crippen molar-refractivity contribution >= 4 is 28.6 Å². The molecule has 0 aliphatic carbocycles. The molecule has 0 unspecified atom stereocenters. The molecule has 0 fully saturated rings. The molecule has 0 saturated carbocycles. The van der Waals surface area contributed by atoms with Crippen molar-refractivity contribution < 1.29 is 0 Å².